The monoisotopic (exact) mass is 303 g/mol. The van der Waals surface area contributed by atoms with E-state index in [1.54, 1.807) is 38.7 Å². The fraction of sp³-hybridized carbons (Fsp3) is 0.800. The maximum atomic E-state index is 13.8. The Balaban J connectivity index is 4.20. The van der Waals surface area contributed by atoms with Crippen LogP contribution in [0.3, 0.4) is 0 Å². The summed E-state index contributed by atoms with van der Waals surface area (Å²) in [4.78, 5) is 11.2. The Morgan fingerprint density at radius 1 is 1.33 bits per heavy atom. The van der Waals surface area contributed by atoms with Crippen molar-refractivity contribution in [1.29, 1.82) is 0 Å². The van der Waals surface area contributed by atoms with Crippen LogP contribution in [0.15, 0.2) is 16.9 Å². The molecule has 0 heterocycles. The van der Waals surface area contributed by atoms with Gasteiger partial charge in [-0.1, -0.05) is 6.92 Å². The van der Waals surface area contributed by atoms with Crippen molar-refractivity contribution in [1.82, 2.24) is 9.96 Å². The summed E-state index contributed by atoms with van der Waals surface area (Å²) >= 11 is 0. The number of halogens is 1. The molecule has 0 aliphatic carbocycles. The Morgan fingerprint density at radius 2 is 2.00 bits per heavy atom. The third-order valence-electron chi connectivity index (χ3n) is 3.26. The second kappa shape index (κ2) is 11.7. The maximum absolute atomic E-state index is 13.8. The first-order valence-corrected chi connectivity index (χ1v) is 7.30. The molecule has 6 heteroatoms. The minimum Gasteiger partial charge on any atom is -0.366 e. The Morgan fingerprint density at radius 3 is 2.52 bits per heavy atom. The summed E-state index contributed by atoms with van der Waals surface area (Å²) < 4.78 is 19.1. The van der Waals surface area contributed by atoms with Crippen LogP contribution in [0, 0.1) is 5.92 Å². The lowest BCUT2D eigenvalue weighted by atomic mass is 10.1. The van der Waals surface area contributed by atoms with Crippen molar-refractivity contribution in [3.8, 4) is 0 Å². The molecule has 0 aromatic rings. The van der Waals surface area contributed by atoms with Crippen LogP contribution >= 0.6 is 0 Å². The van der Waals surface area contributed by atoms with Crippen LogP contribution in [0.4, 0.5) is 4.39 Å². The molecule has 21 heavy (non-hydrogen) atoms. The molecule has 0 aromatic heterocycles. The molecule has 0 spiro atoms. The molecule has 0 amide bonds. The first-order chi connectivity index (χ1) is 9.94. The molecule has 0 aliphatic heterocycles. The van der Waals surface area contributed by atoms with Crippen molar-refractivity contribution in [2.45, 2.75) is 32.9 Å². The first-order valence-electron chi connectivity index (χ1n) is 7.30. The highest BCUT2D eigenvalue weighted by molar-refractivity contribution is 5.54. The van der Waals surface area contributed by atoms with Crippen LogP contribution in [-0.2, 0) is 9.57 Å². The van der Waals surface area contributed by atoms with Gasteiger partial charge in [0, 0.05) is 40.7 Å². The van der Waals surface area contributed by atoms with Gasteiger partial charge in [0.15, 0.2) is 0 Å². The number of methoxy groups -OCH3 is 1. The van der Waals surface area contributed by atoms with Gasteiger partial charge >= 0.3 is 0 Å². The summed E-state index contributed by atoms with van der Waals surface area (Å²) in [5.41, 5.74) is 0. The standard InChI is InChI=1S/C15H30FN3O2/c1-7-18(3)12-17-9-8-14(16)10-13(2)11-15(20-5)19(4)21-6/h10,12-13,15H,7-9,11H2,1-6H3/b14-10+,17-12?/t13?,15-/m1/s1. The molecular formula is C15H30FN3O2. The molecule has 0 aliphatic rings. The topological polar surface area (TPSA) is 37.3 Å². The molecule has 0 fully saturated rings. The lowest BCUT2D eigenvalue weighted by molar-refractivity contribution is -0.216. The van der Waals surface area contributed by atoms with Gasteiger partial charge in [0.05, 0.1) is 19.3 Å². The number of hydrogen-bond acceptors (Lipinski definition) is 4. The normalized spacial score (nSPS) is 15.7. The number of hydroxylamine groups is 2. The van der Waals surface area contributed by atoms with Crippen molar-refractivity contribution >= 4 is 6.34 Å². The molecule has 0 rings (SSSR count). The van der Waals surface area contributed by atoms with Crippen molar-refractivity contribution in [2.24, 2.45) is 10.9 Å². The SMILES string of the molecule is CCN(C)C=NCC/C(F)=C\C(C)C[C@@H](OC)N(C)OC. The molecule has 0 radical (unpaired) electrons. The molecule has 124 valence electrons. The Hall–Kier alpha value is -0.980. The number of rotatable bonds is 11. The van der Waals surface area contributed by atoms with Crippen LogP contribution in [0.5, 0.6) is 0 Å². The second-order valence-corrected chi connectivity index (χ2v) is 5.09. The van der Waals surface area contributed by atoms with E-state index in [0.29, 0.717) is 19.4 Å². The van der Waals surface area contributed by atoms with Gasteiger partial charge in [-0.2, -0.15) is 5.06 Å². The molecule has 0 saturated heterocycles. The number of allylic oxidation sites excluding steroid dienone is 1. The van der Waals surface area contributed by atoms with Crippen molar-refractivity contribution in [3.05, 3.63) is 11.9 Å². The third kappa shape index (κ3) is 9.55. The van der Waals surface area contributed by atoms with Crippen LogP contribution in [0.25, 0.3) is 0 Å². The number of hydrogen-bond donors (Lipinski definition) is 0. The minimum absolute atomic E-state index is 0.0647. The lowest BCUT2D eigenvalue weighted by Crippen LogP contribution is -2.33. The highest BCUT2D eigenvalue weighted by atomic mass is 19.1. The van der Waals surface area contributed by atoms with E-state index in [2.05, 4.69) is 4.99 Å². The van der Waals surface area contributed by atoms with Crippen molar-refractivity contribution in [3.63, 3.8) is 0 Å². The summed E-state index contributed by atoms with van der Waals surface area (Å²) in [6, 6.07) is 0. The third-order valence-corrected chi connectivity index (χ3v) is 3.26. The number of ether oxygens (including phenoxy) is 1. The number of nitrogens with zero attached hydrogens (tertiary/aromatic N) is 3. The molecule has 0 aromatic carbocycles. The Labute approximate surface area is 128 Å². The smallest absolute Gasteiger partial charge is 0.132 e. The Kier molecular flexibility index (Phi) is 11.1. The quantitative estimate of drug-likeness (QED) is 0.254. The molecule has 0 bridgehead atoms. The largest absolute Gasteiger partial charge is 0.366 e. The summed E-state index contributed by atoms with van der Waals surface area (Å²) in [5.74, 6) is -0.0661. The van der Waals surface area contributed by atoms with E-state index in [4.69, 9.17) is 9.57 Å². The highest BCUT2D eigenvalue weighted by Gasteiger charge is 2.16. The zero-order chi connectivity index (χ0) is 16.3. The van der Waals surface area contributed by atoms with Crippen LogP contribution in [-0.4, -0.2) is 63.9 Å². The fourth-order valence-corrected chi connectivity index (χ4v) is 1.74. The van der Waals surface area contributed by atoms with Gasteiger partial charge in [-0.25, -0.2) is 4.39 Å². The van der Waals surface area contributed by atoms with Gasteiger partial charge in [0.1, 0.15) is 6.23 Å². The number of aliphatic imine (C=N–C) groups is 1. The van der Waals surface area contributed by atoms with E-state index in [1.807, 2.05) is 25.8 Å². The zero-order valence-electron chi connectivity index (χ0n) is 14.2. The molecule has 1 unspecified atom stereocenters. The van der Waals surface area contributed by atoms with Crippen LogP contribution in [0.1, 0.15) is 26.7 Å². The summed E-state index contributed by atoms with van der Waals surface area (Å²) in [5, 5.41) is 1.62. The lowest BCUT2D eigenvalue weighted by Gasteiger charge is -2.25. The fourth-order valence-electron chi connectivity index (χ4n) is 1.74. The van der Waals surface area contributed by atoms with Gasteiger partial charge < -0.3 is 14.5 Å². The van der Waals surface area contributed by atoms with E-state index in [9.17, 15) is 4.39 Å². The summed E-state index contributed by atoms with van der Waals surface area (Å²) in [7, 11) is 6.93. The van der Waals surface area contributed by atoms with Gasteiger partial charge in [-0.3, -0.25) is 4.99 Å². The predicted octanol–water partition coefficient (Wildman–Crippen LogP) is 2.70. The van der Waals surface area contributed by atoms with Crippen molar-refractivity contribution in [2.75, 3.05) is 41.4 Å². The zero-order valence-corrected chi connectivity index (χ0v) is 14.2. The minimum atomic E-state index is -0.190. The molecule has 0 saturated carbocycles. The molecule has 5 nitrogen and oxygen atoms in total. The average molecular weight is 303 g/mol. The van der Waals surface area contributed by atoms with E-state index in [0.717, 1.165) is 6.54 Å². The van der Waals surface area contributed by atoms with E-state index in [-0.39, 0.29) is 18.0 Å². The molecular weight excluding hydrogens is 273 g/mol. The maximum Gasteiger partial charge on any atom is 0.132 e. The van der Waals surface area contributed by atoms with E-state index in [1.165, 1.54) is 0 Å². The van der Waals surface area contributed by atoms with Gasteiger partial charge in [-0.15, -0.1) is 0 Å². The van der Waals surface area contributed by atoms with Gasteiger partial charge in [0.2, 0.25) is 0 Å². The summed E-state index contributed by atoms with van der Waals surface area (Å²) in [6.45, 7) is 5.36. The van der Waals surface area contributed by atoms with E-state index >= 15 is 0 Å². The molecule has 2 atom stereocenters. The van der Waals surface area contributed by atoms with Crippen LogP contribution in [0.2, 0.25) is 0 Å². The van der Waals surface area contributed by atoms with Gasteiger partial charge in [0.25, 0.3) is 0 Å². The van der Waals surface area contributed by atoms with E-state index < -0.39 is 0 Å². The average Bonchev–Trinajstić information content (AvgIpc) is 2.47. The summed E-state index contributed by atoms with van der Waals surface area (Å²) in [6.07, 6.45) is 4.18. The highest BCUT2D eigenvalue weighted by Crippen LogP contribution is 2.16. The molecule has 0 N–H and O–H groups in total. The van der Waals surface area contributed by atoms with Crippen molar-refractivity contribution < 1.29 is 14.0 Å². The second-order valence-electron chi connectivity index (χ2n) is 5.09. The van der Waals surface area contributed by atoms with Crippen LogP contribution < -0.4 is 0 Å². The van der Waals surface area contributed by atoms with Gasteiger partial charge in [-0.05, 0) is 25.3 Å². The first kappa shape index (κ1) is 20.0. The Bertz CT molecular complexity index is 324. The predicted molar refractivity (Wildman–Crippen MR) is 84.8 cm³/mol.